The van der Waals surface area contributed by atoms with E-state index in [1.807, 2.05) is 0 Å². The molecule has 0 unspecified atom stereocenters. The van der Waals surface area contributed by atoms with Gasteiger partial charge in [-0.15, -0.1) is 0 Å². The molecular formula is C10H9BFNO3. The number of pyridine rings is 1. The second-order valence-electron chi connectivity index (χ2n) is 3.61. The number of hydrogen-bond donors (Lipinski definition) is 3. The highest BCUT2D eigenvalue weighted by molar-refractivity contribution is 6.57. The summed E-state index contributed by atoms with van der Waals surface area (Å²) in [5, 5.41) is 18.6. The van der Waals surface area contributed by atoms with Crippen LogP contribution in [0, 0.1) is 12.7 Å². The first-order valence-corrected chi connectivity index (χ1v) is 4.68. The van der Waals surface area contributed by atoms with E-state index < -0.39 is 18.5 Å². The number of fused-ring (bicyclic) bond motifs is 1. The highest BCUT2D eigenvalue weighted by Crippen LogP contribution is 2.15. The zero-order chi connectivity index (χ0) is 11.9. The summed E-state index contributed by atoms with van der Waals surface area (Å²) in [4.78, 5) is 13.8. The first-order chi connectivity index (χ1) is 7.49. The van der Waals surface area contributed by atoms with Gasteiger partial charge in [-0.2, -0.15) is 0 Å². The molecule has 0 aliphatic heterocycles. The number of aromatic nitrogens is 1. The van der Waals surface area contributed by atoms with Crippen LogP contribution in [0.2, 0.25) is 0 Å². The first-order valence-electron chi connectivity index (χ1n) is 4.68. The van der Waals surface area contributed by atoms with Crippen molar-refractivity contribution in [1.29, 1.82) is 0 Å². The third kappa shape index (κ3) is 1.73. The Hall–Kier alpha value is -1.66. The summed E-state index contributed by atoms with van der Waals surface area (Å²) < 4.78 is 13.1. The Morgan fingerprint density at radius 3 is 2.56 bits per heavy atom. The van der Waals surface area contributed by atoms with Crippen LogP contribution in [0.1, 0.15) is 5.56 Å². The van der Waals surface area contributed by atoms with E-state index >= 15 is 0 Å². The van der Waals surface area contributed by atoms with Gasteiger partial charge in [-0.1, -0.05) is 0 Å². The van der Waals surface area contributed by atoms with E-state index in [4.69, 9.17) is 10.0 Å². The lowest BCUT2D eigenvalue weighted by Crippen LogP contribution is -2.36. The molecule has 1 heterocycles. The standard InChI is InChI=1S/C10H9BFNO3/c1-5-2-6(12)3-8-7(5)4-9(11(15)16)13-10(8)14/h2-4,15-16H,1H3,(H,13,14). The summed E-state index contributed by atoms with van der Waals surface area (Å²) in [6.45, 7) is 1.65. The van der Waals surface area contributed by atoms with Gasteiger partial charge in [0.2, 0.25) is 0 Å². The molecule has 1 aromatic heterocycles. The molecule has 0 spiro atoms. The highest BCUT2D eigenvalue weighted by Gasteiger charge is 2.15. The van der Waals surface area contributed by atoms with Gasteiger partial charge in [0.05, 0.1) is 5.39 Å². The van der Waals surface area contributed by atoms with E-state index in [1.165, 1.54) is 12.1 Å². The fourth-order valence-corrected chi connectivity index (χ4v) is 1.66. The van der Waals surface area contributed by atoms with E-state index in [1.54, 1.807) is 6.92 Å². The molecule has 2 rings (SSSR count). The minimum atomic E-state index is -1.75. The second-order valence-corrected chi connectivity index (χ2v) is 3.61. The molecule has 0 fully saturated rings. The average molecular weight is 221 g/mol. The number of aromatic amines is 1. The molecule has 1 aromatic carbocycles. The van der Waals surface area contributed by atoms with Crippen molar-refractivity contribution in [2.24, 2.45) is 0 Å². The fraction of sp³-hybridized carbons (Fsp3) is 0.100. The number of aryl methyl sites for hydroxylation is 1. The van der Waals surface area contributed by atoms with Crippen molar-refractivity contribution in [2.45, 2.75) is 6.92 Å². The predicted octanol–water partition coefficient (Wildman–Crippen LogP) is -0.345. The molecule has 4 nitrogen and oxygen atoms in total. The fourth-order valence-electron chi connectivity index (χ4n) is 1.66. The van der Waals surface area contributed by atoms with Crippen molar-refractivity contribution in [3.05, 3.63) is 39.9 Å². The lowest BCUT2D eigenvalue weighted by molar-refractivity contribution is 0.424. The molecule has 16 heavy (non-hydrogen) atoms. The Morgan fingerprint density at radius 1 is 1.25 bits per heavy atom. The van der Waals surface area contributed by atoms with Crippen LogP contribution in [0.3, 0.4) is 0 Å². The number of benzene rings is 1. The summed E-state index contributed by atoms with van der Waals surface area (Å²) in [5.41, 5.74) is 0.0263. The van der Waals surface area contributed by atoms with Crippen molar-refractivity contribution >= 4 is 23.5 Å². The van der Waals surface area contributed by atoms with Gasteiger partial charge in [0.25, 0.3) is 5.56 Å². The molecule has 0 saturated heterocycles. The highest BCUT2D eigenvalue weighted by atomic mass is 19.1. The van der Waals surface area contributed by atoms with Crippen LogP contribution >= 0.6 is 0 Å². The Bertz CT molecular complexity index is 609. The molecule has 2 aromatic rings. The quantitative estimate of drug-likeness (QED) is 0.576. The summed E-state index contributed by atoms with van der Waals surface area (Å²) in [6.07, 6.45) is 0. The van der Waals surface area contributed by atoms with Gasteiger partial charge in [0, 0.05) is 5.59 Å². The van der Waals surface area contributed by atoms with Gasteiger partial charge in [-0.3, -0.25) is 4.79 Å². The first kappa shape index (κ1) is 10.8. The molecule has 0 aliphatic carbocycles. The van der Waals surface area contributed by atoms with Crippen LogP contribution in [0.5, 0.6) is 0 Å². The lowest BCUT2D eigenvalue weighted by Gasteiger charge is -2.05. The Labute approximate surface area is 90.5 Å². The minimum absolute atomic E-state index is 0.00721. The second kappa shape index (κ2) is 3.73. The van der Waals surface area contributed by atoms with Crippen LogP contribution in [0.15, 0.2) is 23.0 Å². The Balaban J connectivity index is 2.87. The van der Waals surface area contributed by atoms with Gasteiger partial charge in [-0.05, 0) is 36.1 Å². The molecular weight excluding hydrogens is 212 g/mol. The van der Waals surface area contributed by atoms with Crippen molar-refractivity contribution in [2.75, 3.05) is 0 Å². The Kier molecular flexibility index (Phi) is 2.53. The largest absolute Gasteiger partial charge is 0.505 e. The molecule has 0 atom stereocenters. The van der Waals surface area contributed by atoms with Crippen molar-refractivity contribution < 1.29 is 14.4 Å². The van der Waals surface area contributed by atoms with Crippen molar-refractivity contribution in [3.63, 3.8) is 0 Å². The van der Waals surface area contributed by atoms with Gasteiger partial charge in [0.15, 0.2) is 0 Å². The SMILES string of the molecule is Cc1cc(F)cc2c(=O)[nH]c(B(O)O)cc12. The zero-order valence-corrected chi connectivity index (χ0v) is 8.49. The van der Waals surface area contributed by atoms with E-state index in [0.717, 1.165) is 6.07 Å². The molecule has 0 radical (unpaired) electrons. The van der Waals surface area contributed by atoms with Gasteiger partial charge >= 0.3 is 7.12 Å². The zero-order valence-electron chi connectivity index (χ0n) is 8.49. The molecule has 0 bridgehead atoms. The molecule has 0 aliphatic rings. The van der Waals surface area contributed by atoms with E-state index in [-0.39, 0.29) is 11.0 Å². The third-order valence-corrected chi connectivity index (χ3v) is 2.43. The number of rotatable bonds is 1. The maximum atomic E-state index is 13.1. The van der Waals surface area contributed by atoms with Crippen molar-refractivity contribution in [1.82, 2.24) is 4.98 Å². The van der Waals surface area contributed by atoms with Crippen LogP contribution in [0.25, 0.3) is 10.8 Å². The lowest BCUT2D eigenvalue weighted by atomic mass is 9.84. The van der Waals surface area contributed by atoms with E-state index in [0.29, 0.717) is 10.9 Å². The summed E-state index contributed by atoms with van der Waals surface area (Å²) in [5.74, 6) is -0.493. The van der Waals surface area contributed by atoms with Gasteiger partial charge < -0.3 is 15.0 Å². The maximum Gasteiger partial charge on any atom is 0.505 e. The van der Waals surface area contributed by atoms with Crippen LogP contribution in [0.4, 0.5) is 4.39 Å². The molecule has 82 valence electrons. The normalized spacial score (nSPS) is 10.8. The average Bonchev–Trinajstić information content (AvgIpc) is 2.19. The molecule has 0 saturated carbocycles. The van der Waals surface area contributed by atoms with Crippen molar-refractivity contribution in [3.8, 4) is 0 Å². The smallest absolute Gasteiger partial charge is 0.422 e. The molecule has 3 N–H and O–H groups in total. The van der Waals surface area contributed by atoms with Crippen LogP contribution < -0.4 is 11.2 Å². The maximum absolute atomic E-state index is 13.1. The third-order valence-electron chi connectivity index (χ3n) is 2.43. The summed E-state index contributed by atoms with van der Waals surface area (Å²) in [6, 6.07) is 3.83. The minimum Gasteiger partial charge on any atom is -0.422 e. The number of halogens is 1. The topological polar surface area (TPSA) is 73.3 Å². The monoisotopic (exact) mass is 221 g/mol. The summed E-state index contributed by atoms with van der Waals surface area (Å²) >= 11 is 0. The van der Waals surface area contributed by atoms with Gasteiger partial charge in [-0.25, -0.2) is 4.39 Å². The Morgan fingerprint density at radius 2 is 1.94 bits per heavy atom. The predicted molar refractivity (Wildman–Crippen MR) is 59.1 cm³/mol. The number of nitrogens with one attached hydrogen (secondary N) is 1. The van der Waals surface area contributed by atoms with Crippen LogP contribution in [-0.4, -0.2) is 22.2 Å². The number of H-pyrrole nitrogens is 1. The van der Waals surface area contributed by atoms with E-state index in [2.05, 4.69) is 4.98 Å². The van der Waals surface area contributed by atoms with E-state index in [9.17, 15) is 9.18 Å². The number of hydrogen-bond acceptors (Lipinski definition) is 3. The van der Waals surface area contributed by atoms with Crippen LogP contribution in [-0.2, 0) is 0 Å². The summed E-state index contributed by atoms with van der Waals surface area (Å²) in [7, 11) is -1.75. The van der Waals surface area contributed by atoms with Gasteiger partial charge in [0.1, 0.15) is 5.82 Å². The molecule has 0 amide bonds. The molecule has 6 heteroatoms.